The maximum Gasteiger partial charge on any atom is 0.309 e. The van der Waals surface area contributed by atoms with Crippen LogP contribution in [0.4, 0.5) is 0 Å². The van der Waals surface area contributed by atoms with Crippen molar-refractivity contribution in [3.05, 3.63) is 28.3 Å². The van der Waals surface area contributed by atoms with E-state index in [1.54, 1.807) is 19.9 Å². The number of ether oxygens (including phenoxy) is 1. The lowest BCUT2D eigenvalue weighted by atomic mass is 9.85. The van der Waals surface area contributed by atoms with Gasteiger partial charge in [-0.2, -0.15) is 0 Å². The first-order valence-electron chi connectivity index (χ1n) is 5.34. The predicted octanol–water partition coefficient (Wildman–Crippen LogP) is 3.31. The van der Waals surface area contributed by atoms with Gasteiger partial charge in [-0.3, -0.25) is 4.79 Å². The number of hydrogen-bond donors (Lipinski definition) is 1. The van der Waals surface area contributed by atoms with Gasteiger partial charge in [0.25, 0.3) is 0 Å². The molecule has 0 bridgehead atoms. The number of aliphatic carboxylic acids is 1. The van der Waals surface area contributed by atoms with E-state index in [0.717, 1.165) is 11.1 Å². The van der Waals surface area contributed by atoms with E-state index in [4.69, 9.17) is 21.4 Å². The van der Waals surface area contributed by atoms with Crippen molar-refractivity contribution in [2.24, 2.45) is 5.41 Å². The molecule has 1 rings (SSSR count). The van der Waals surface area contributed by atoms with Gasteiger partial charge in [0.15, 0.2) is 0 Å². The maximum atomic E-state index is 11.1. The molecule has 0 saturated heterocycles. The van der Waals surface area contributed by atoms with Crippen LogP contribution >= 0.6 is 11.6 Å². The van der Waals surface area contributed by atoms with Crippen molar-refractivity contribution >= 4 is 17.6 Å². The second kappa shape index (κ2) is 4.96. The lowest BCUT2D eigenvalue weighted by Crippen LogP contribution is -2.26. The molecule has 1 aromatic rings. The van der Waals surface area contributed by atoms with E-state index in [-0.39, 0.29) is 0 Å². The molecule has 0 aliphatic heterocycles. The number of carboxylic acids is 1. The summed E-state index contributed by atoms with van der Waals surface area (Å²) >= 11 is 6.07. The minimum atomic E-state index is -0.843. The van der Waals surface area contributed by atoms with Gasteiger partial charge in [0, 0.05) is 0 Å². The molecule has 0 aromatic heterocycles. The van der Waals surface area contributed by atoms with Crippen LogP contribution in [0, 0.1) is 12.3 Å². The van der Waals surface area contributed by atoms with Crippen LogP contribution in [0.15, 0.2) is 12.1 Å². The van der Waals surface area contributed by atoms with Gasteiger partial charge < -0.3 is 9.84 Å². The quantitative estimate of drug-likeness (QED) is 0.899. The summed E-state index contributed by atoms with van der Waals surface area (Å²) in [5, 5.41) is 9.65. The summed E-state index contributed by atoms with van der Waals surface area (Å²) in [6, 6.07) is 3.72. The zero-order valence-electron chi connectivity index (χ0n) is 10.5. The Labute approximate surface area is 106 Å². The molecule has 1 aromatic carbocycles. The Kier molecular flexibility index (Phi) is 4.04. The Morgan fingerprint density at radius 3 is 2.53 bits per heavy atom. The molecule has 0 spiro atoms. The first kappa shape index (κ1) is 13.8. The second-order valence-corrected chi connectivity index (χ2v) is 5.21. The van der Waals surface area contributed by atoms with E-state index >= 15 is 0 Å². The highest BCUT2D eigenvalue weighted by Gasteiger charge is 2.29. The van der Waals surface area contributed by atoms with Gasteiger partial charge in [0.1, 0.15) is 5.75 Å². The fraction of sp³-hybridized carbons (Fsp3) is 0.462. The Morgan fingerprint density at radius 1 is 1.47 bits per heavy atom. The standard InChI is InChI=1S/C13H17ClO3/c1-8-5-9(7-13(2,3)12(15)16)11(17-4)10(14)6-8/h5-6H,7H2,1-4H3,(H,15,16). The van der Waals surface area contributed by atoms with Crippen LogP contribution in [0.25, 0.3) is 0 Å². The van der Waals surface area contributed by atoms with Crippen molar-refractivity contribution in [1.82, 2.24) is 0 Å². The van der Waals surface area contributed by atoms with E-state index in [1.165, 1.54) is 7.11 Å². The molecule has 0 aliphatic rings. The molecule has 0 unspecified atom stereocenters. The summed E-state index contributed by atoms with van der Waals surface area (Å²) in [4.78, 5) is 11.1. The van der Waals surface area contributed by atoms with Crippen molar-refractivity contribution in [3.8, 4) is 5.75 Å². The summed E-state index contributed by atoms with van der Waals surface area (Å²) in [6.45, 7) is 5.29. The number of carboxylic acid groups (broad SMARTS) is 1. The number of aryl methyl sites for hydroxylation is 1. The molecule has 0 amide bonds. The van der Waals surface area contributed by atoms with Crippen LogP contribution in [-0.4, -0.2) is 18.2 Å². The Balaban J connectivity index is 3.18. The average Bonchev–Trinajstić information content (AvgIpc) is 2.15. The fourth-order valence-corrected chi connectivity index (χ4v) is 2.08. The summed E-state index contributed by atoms with van der Waals surface area (Å²) in [6.07, 6.45) is 0.382. The highest BCUT2D eigenvalue weighted by Crippen LogP contribution is 2.34. The second-order valence-electron chi connectivity index (χ2n) is 4.80. The van der Waals surface area contributed by atoms with Crippen LogP contribution in [0.1, 0.15) is 25.0 Å². The Bertz CT molecular complexity index is 439. The van der Waals surface area contributed by atoms with Gasteiger partial charge in [0.2, 0.25) is 0 Å². The van der Waals surface area contributed by atoms with Gasteiger partial charge in [-0.15, -0.1) is 0 Å². The fourth-order valence-electron chi connectivity index (χ4n) is 1.71. The number of methoxy groups -OCH3 is 1. The number of halogens is 1. The molecule has 4 heteroatoms. The summed E-state index contributed by atoms with van der Waals surface area (Å²) in [7, 11) is 1.54. The number of hydrogen-bond acceptors (Lipinski definition) is 2. The van der Waals surface area contributed by atoms with Crippen molar-refractivity contribution in [2.45, 2.75) is 27.2 Å². The molecule has 0 atom stereocenters. The van der Waals surface area contributed by atoms with Crippen LogP contribution in [-0.2, 0) is 11.2 Å². The van der Waals surface area contributed by atoms with Crippen LogP contribution in [0.5, 0.6) is 5.75 Å². The minimum Gasteiger partial charge on any atom is -0.495 e. The lowest BCUT2D eigenvalue weighted by Gasteiger charge is -2.21. The highest BCUT2D eigenvalue weighted by molar-refractivity contribution is 6.32. The molecule has 0 aliphatic carbocycles. The molecular formula is C13H17ClO3. The van der Waals surface area contributed by atoms with Crippen LogP contribution < -0.4 is 4.74 Å². The average molecular weight is 257 g/mol. The molecule has 3 nitrogen and oxygen atoms in total. The summed E-state index contributed by atoms with van der Waals surface area (Å²) in [5.41, 5.74) is 0.974. The normalized spacial score (nSPS) is 11.4. The smallest absolute Gasteiger partial charge is 0.309 e. The zero-order valence-corrected chi connectivity index (χ0v) is 11.3. The third-order valence-corrected chi connectivity index (χ3v) is 2.96. The summed E-state index contributed by atoms with van der Waals surface area (Å²) in [5.74, 6) is -0.274. The van der Waals surface area contributed by atoms with Crippen molar-refractivity contribution < 1.29 is 14.6 Å². The van der Waals surface area contributed by atoms with Crippen molar-refractivity contribution in [1.29, 1.82) is 0 Å². The van der Waals surface area contributed by atoms with Crippen molar-refractivity contribution in [2.75, 3.05) is 7.11 Å². The van der Waals surface area contributed by atoms with Gasteiger partial charge in [0.05, 0.1) is 17.5 Å². The molecule has 0 radical (unpaired) electrons. The van der Waals surface area contributed by atoms with Gasteiger partial charge >= 0.3 is 5.97 Å². The predicted molar refractivity (Wildman–Crippen MR) is 67.9 cm³/mol. The first-order valence-corrected chi connectivity index (χ1v) is 5.72. The largest absolute Gasteiger partial charge is 0.495 e. The number of benzene rings is 1. The van der Waals surface area contributed by atoms with E-state index in [1.807, 2.05) is 13.0 Å². The van der Waals surface area contributed by atoms with Gasteiger partial charge in [-0.25, -0.2) is 0 Å². The maximum absolute atomic E-state index is 11.1. The van der Waals surface area contributed by atoms with Crippen LogP contribution in [0.2, 0.25) is 5.02 Å². The molecular weight excluding hydrogens is 240 g/mol. The topological polar surface area (TPSA) is 46.5 Å². The molecule has 0 heterocycles. The van der Waals surface area contributed by atoms with E-state index in [9.17, 15) is 4.79 Å². The molecule has 0 fully saturated rings. The van der Waals surface area contributed by atoms with Gasteiger partial charge in [-0.1, -0.05) is 17.7 Å². The lowest BCUT2D eigenvalue weighted by molar-refractivity contribution is -0.146. The number of carbonyl (C=O) groups is 1. The molecule has 1 N–H and O–H groups in total. The minimum absolute atomic E-state index is 0.382. The van der Waals surface area contributed by atoms with Crippen molar-refractivity contribution in [3.63, 3.8) is 0 Å². The zero-order chi connectivity index (χ0) is 13.2. The first-order chi connectivity index (χ1) is 7.77. The monoisotopic (exact) mass is 256 g/mol. The SMILES string of the molecule is COc1c(Cl)cc(C)cc1CC(C)(C)C(=O)O. The van der Waals surface area contributed by atoms with E-state index in [0.29, 0.717) is 17.2 Å². The van der Waals surface area contributed by atoms with E-state index in [2.05, 4.69) is 0 Å². The number of rotatable bonds is 4. The van der Waals surface area contributed by atoms with Gasteiger partial charge in [-0.05, 0) is 44.4 Å². The molecule has 94 valence electrons. The summed E-state index contributed by atoms with van der Waals surface area (Å²) < 4.78 is 5.23. The molecule has 0 saturated carbocycles. The Morgan fingerprint density at radius 2 is 2.06 bits per heavy atom. The third-order valence-electron chi connectivity index (χ3n) is 2.68. The highest BCUT2D eigenvalue weighted by atomic mass is 35.5. The molecule has 17 heavy (non-hydrogen) atoms. The third kappa shape index (κ3) is 3.13. The van der Waals surface area contributed by atoms with E-state index < -0.39 is 11.4 Å². The Hall–Kier alpha value is -1.22. The van der Waals surface area contributed by atoms with Crippen LogP contribution in [0.3, 0.4) is 0 Å².